The van der Waals surface area contributed by atoms with Crippen molar-refractivity contribution in [1.29, 1.82) is 0 Å². The third-order valence-corrected chi connectivity index (χ3v) is 7.21. The zero-order valence-electron chi connectivity index (χ0n) is 21.7. The van der Waals surface area contributed by atoms with Gasteiger partial charge >= 0.3 is 5.69 Å². The number of hydrogen-bond acceptors (Lipinski definition) is 8. The predicted molar refractivity (Wildman–Crippen MR) is 139 cm³/mol. The molecule has 3 aliphatic rings. The Morgan fingerprint density at radius 3 is 2.49 bits per heavy atom. The summed E-state index contributed by atoms with van der Waals surface area (Å²) in [5.41, 5.74) is 2.44. The quantitative estimate of drug-likeness (QED) is 0.337. The number of piperazine rings is 1. The molecule has 0 spiro atoms. The number of nitro groups is 1. The molecule has 3 aliphatic heterocycles. The zero-order valence-corrected chi connectivity index (χ0v) is 21.7. The highest BCUT2D eigenvalue weighted by atomic mass is 16.6. The molecule has 0 aromatic heterocycles. The van der Waals surface area contributed by atoms with Gasteiger partial charge in [-0.05, 0) is 50.1 Å². The van der Waals surface area contributed by atoms with Gasteiger partial charge in [0, 0.05) is 68.1 Å². The second-order valence-corrected chi connectivity index (χ2v) is 10.1. The van der Waals surface area contributed by atoms with E-state index in [0.29, 0.717) is 50.3 Å². The molecule has 1 N–H and O–H groups in total. The number of carbonyl (C=O) groups excluding carboxylic acids is 4. The number of nitrogens with zero attached hydrogens (tertiary/aromatic N) is 4. The molecule has 3 heterocycles. The van der Waals surface area contributed by atoms with Gasteiger partial charge in [-0.15, -0.1) is 0 Å². The topological polar surface area (TPSA) is 142 Å². The van der Waals surface area contributed by atoms with E-state index in [-0.39, 0.29) is 41.7 Å². The van der Waals surface area contributed by atoms with Crippen molar-refractivity contribution in [3.63, 3.8) is 0 Å². The van der Waals surface area contributed by atoms with E-state index in [9.17, 15) is 29.3 Å². The van der Waals surface area contributed by atoms with Crippen molar-refractivity contribution in [2.24, 2.45) is 0 Å². The number of anilines is 1. The van der Waals surface area contributed by atoms with Crippen molar-refractivity contribution < 1.29 is 28.8 Å². The third-order valence-electron chi connectivity index (χ3n) is 7.21. The van der Waals surface area contributed by atoms with Gasteiger partial charge in [0.1, 0.15) is 6.04 Å². The van der Waals surface area contributed by atoms with Gasteiger partial charge in [0.2, 0.25) is 11.8 Å². The summed E-state index contributed by atoms with van der Waals surface area (Å²) >= 11 is 0. The Kier molecular flexibility index (Phi) is 6.94. The van der Waals surface area contributed by atoms with Crippen LogP contribution in [0.3, 0.4) is 0 Å². The monoisotopic (exact) mass is 535 g/mol. The molecule has 2 saturated heterocycles. The molecule has 204 valence electrons. The van der Waals surface area contributed by atoms with Gasteiger partial charge in [-0.3, -0.25) is 34.6 Å². The van der Waals surface area contributed by atoms with Crippen molar-refractivity contribution in [2.75, 3.05) is 31.1 Å². The third kappa shape index (κ3) is 5.14. The first-order valence-corrected chi connectivity index (χ1v) is 12.9. The van der Waals surface area contributed by atoms with Crippen LogP contribution in [0.5, 0.6) is 5.75 Å². The maximum atomic E-state index is 13.2. The van der Waals surface area contributed by atoms with E-state index in [2.05, 4.69) is 10.2 Å². The van der Waals surface area contributed by atoms with Crippen molar-refractivity contribution >= 4 is 35.0 Å². The van der Waals surface area contributed by atoms with Crippen LogP contribution < -0.4 is 15.0 Å². The van der Waals surface area contributed by atoms with Crippen LogP contribution in [0.15, 0.2) is 36.4 Å². The lowest BCUT2D eigenvalue weighted by atomic mass is 10.0. The number of nitro benzene ring substituents is 1. The van der Waals surface area contributed by atoms with E-state index in [0.717, 1.165) is 11.3 Å². The Morgan fingerprint density at radius 1 is 1.08 bits per heavy atom. The lowest BCUT2D eigenvalue weighted by Crippen LogP contribution is -2.52. The average molecular weight is 536 g/mol. The first-order chi connectivity index (χ1) is 18.6. The Labute approximate surface area is 224 Å². The zero-order chi connectivity index (χ0) is 27.8. The maximum absolute atomic E-state index is 13.2. The molecule has 0 radical (unpaired) electrons. The Bertz CT molecular complexity index is 1370. The van der Waals surface area contributed by atoms with Crippen LogP contribution in [0.1, 0.15) is 53.0 Å². The first kappa shape index (κ1) is 26.1. The number of hydrogen-bond donors (Lipinski definition) is 1. The minimum absolute atomic E-state index is 0.0681. The van der Waals surface area contributed by atoms with Gasteiger partial charge in [-0.25, -0.2) is 0 Å². The molecule has 0 saturated carbocycles. The largest absolute Gasteiger partial charge is 0.484 e. The van der Waals surface area contributed by atoms with Crippen LogP contribution in [-0.4, -0.2) is 76.7 Å². The van der Waals surface area contributed by atoms with E-state index in [1.54, 1.807) is 24.8 Å². The first-order valence-electron chi connectivity index (χ1n) is 12.9. The number of carbonyl (C=O) groups is 4. The summed E-state index contributed by atoms with van der Waals surface area (Å²) in [7, 11) is 0. The van der Waals surface area contributed by atoms with Crippen LogP contribution in [0.25, 0.3) is 0 Å². The number of rotatable bonds is 6. The molecule has 1 unspecified atom stereocenters. The van der Waals surface area contributed by atoms with Gasteiger partial charge in [0.25, 0.3) is 11.8 Å². The molecule has 12 heteroatoms. The van der Waals surface area contributed by atoms with Crippen LogP contribution in [0, 0.1) is 10.1 Å². The van der Waals surface area contributed by atoms with E-state index in [1.165, 1.54) is 23.1 Å². The normalized spacial score (nSPS) is 19.3. The summed E-state index contributed by atoms with van der Waals surface area (Å²) in [6, 6.07) is 9.10. The fourth-order valence-electron chi connectivity index (χ4n) is 5.25. The van der Waals surface area contributed by atoms with Crippen LogP contribution >= 0.6 is 0 Å². The SMILES string of the molecule is CC(C)Oc1cc(C(=O)N2CCN(c3ccc4c(c3)CN(C3CCC(=O)NC3=O)C4=O)CC2)ccc1[N+](=O)[O-]. The van der Waals surface area contributed by atoms with Crippen LogP contribution in [0.2, 0.25) is 0 Å². The summed E-state index contributed by atoms with van der Waals surface area (Å²) < 4.78 is 5.58. The molecular weight excluding hydrogens is 506 g/mol. The second kappa shape index (κ2) is 10.4. The molecule has 39 heavy (non-hydrogen) atoms. The molecule has 2 aromatic carbocycles. The number of amides is 4. The minimum atomic E-state index is -0.661. The highest BCUT2D eigenvalue weighted by molar-refractivity contribution is 6.05. The lowest BCUT2D eigenvalue weighted by molar-refractivity contribution is -0.386. The Balaban J connectivity index is 1.24. The second-order valence-electron chi connectivity index (χ2n) is 10.1. The molecule has 0 aliphatic carbocycles. The minimum Gasteiger partial charge on any atom is -0.484 e. The summed E-state index contributed by atoms with van der Waals surface area (Å²) in [4.78, 5) is 66.1. The highest BCUT2D eigenvalue weighted by Crippen LogP contribution is 2.32. The van der Waals surface area contributed by atoms with Crippen molar-refractivity contribution in [1.82, 2.24) is 15.1 Å². The smallest absolute Gasteiger partial charge is 0.310 e. The predicted octanol–water partition coefficient (Wildman–Crippen LogP) is 2.11. The van der Waals surface area contributed by atoms with Crippen molar-refractivity contribution in [3.05, 3.63) is 63.2 Å². The fourth-order valence-corrected chi connectivity index (χ4v) is 5.25. The number of nitrogens with one attached hydrogen (secondary N) is 1. The molecule has 4 amide bonds. The standard InChI is InChI=1S/C27H29N5O7/c1-16(2)39-23-14-17(3-6-21(23)32(37)38)26(35)30-11-9-29(10-12-30)19-4-5-20-18(13-19)15-31(27(20)36)22-7-8-24(33)28-25(22)34/h3-6,13-14,16,22H,7-12,15H2,1-2H3,(H,28,33,34). The van der Waals surface area contributed by atoms with E-state index in [4.69, 9.17) is 4.74 Å². The summed E-state index contributed by atoms with van der Waals surface area (Å²) in [6.45, 7) is 5.86. The number of benzene rings is 2. The van der Waals surface area contributed by atoms with Crippen LogP contribution in [0.4, 0.5) is 11.4 Å². The lowest BCUT2D eigenvalue weighted by Gasteiger charge is -2.36. The van der Waals surface area contributed by atoms with Crippen molar-refractivity contribution in [3.8, 4) is 5.75 Å². The van der Waals surface area contributed by atoms with Gasteiger partial charge < -0.3 is 19.4 Å². The summed E-state index contributed by atoms with van der Waals surface area (Å²) in [5, 5.41) is 13.7. The highest BCUT2D eigenvalue weighted by Gasteiger charge is 2.39. The van der Waals surface area contributed by atoms with Gasteiger partial charge in [0.05, 0.1) is 11.0 Å². The van der Waals surface area contributed by atoms with Crippen molar-refractivity contribution in [2.45, 2.75) is 45.4 Å². The molecule has 2 fully saturated rings. The van der Waals surface area contributed by atoms with E-state index >= 15 is 0 Å². The number of imide groups is 1. The van der Waals surface area contributed by atoms with Gasteiger partial charge in [-0.2, -0.15) is 0 Å². The summed E-state index contributed by atoms with van der Waals surface area (Å²) in [6.07, 6.45) is 0.236. The maximum Gasteiger partial charge on any atom is 0.310 e. The van der Waals surface area contributed by atoms with Gasteiger partial charge in [0.15, 0.2) is 5.75 Å². The number of piperidine rings is 1. The molecule has 1 atom stereocenters. The Hall–Kier alpha value is -4.48. The Morgan fingerprint density at radius 2 is 1.82 bits per heavy atom. The molecule has 5 rings (SSSR count). The summed E-state index contributed by atoms with van der Waals surface area (Å²) in [5.74, 6) is -1.14. The molecular formula is C27H29N5O7. The molecule has 2 aromatic rings. The van der Waals surface area contributed by atoms with Crippen LogP contribution in [-0.2, 0) is 16.1 Å². The fraction of sp³-hybridized carbons (Fsp3) is 0.407. The van der Waals surface area contributed by atoms with E-state index < -0.39 is 16.9 Å². The van der Waals surface area contributed by atoms with Gasteiger partial charge in [-0.1, -0.05) is 0 Å². The molecule has 12 nitrogen and oxygen atoms in total. The number of fused-ring (bicyclic) bond motifs is 1. The molecule has 0 bridgehead atoms. The van der Waals surface area contributed by atoms with E-state index in [1.807, 2.05) is 12.1 Å². The average Bonchev–Trinajstić information content (AvgIpc) is 3.23. The number of ether oxygens (including phenoxy) is 1.